The Hall–Kier alpha value is -3.06. The van der Waals surface area contributed by atoms with Crippen molar-refractivity contribution in [2.24, 2.45) is 0 Å². The molecule has 0 saturated heterocycles. The fraction of sp³-hybridized carbons (Fsp3) is 0.125. The van der Waals surface area contributed by atoms with Crippen LogP contribution in [0.25, 0.3) is 0 Å². The molecule has 3 rings (SSSR count). The third kappa shape index (κ3) is 3.09. The van der Waals surface area contributed by atoms with Crippen molar-refractivity contribution >= 4 is 17.5 Å². The summed E-state index contributed by atoms with van der Waals surface area (Å²) in [5, 5.41) is 12.3. The number of amides is 2. The van der Waals surface area contributed by atoms with Crippen molar-refractivity contribution in [1.29, 1.82) is 0 Å². The van der Waals surface area contributed by atoms with Crippen molar-refractivity contribution < 1.29 is 24.3 Å². The Bertz CT molecular complexity index is 756. The smallest absolute Gasteiger partial charge is 0.276 e. The molecule has 0 radical (unpaired) electrons. The average Bonchev–Trinajstić information content (AvgIpc) is 3.01. The highest BCUT2D eigenvalue weighted by molar-refractivity contribution is 6.05. The van der Waals surface area contributed by atoms with E-state index in [1.807, 2.05) is 0 Å². The summed E-state index contributed by atoms with van der Waals surface area (Å²) in [6.45, 7) is 0.168. The van der Waals surface area contributed by atoms with E-state index >= 15 is 0 Å². The molecule has 2 aromatic carbocycles. The van der Waals surface area contributed by atoms with Crippen molar-refractivity contribution in [3.05, 3.63) is 53.6 Å². The van der Waals surface area contributed by atoms with E-state index in [-0.39, 0.29) is 18.3 Å². The Morgan fingerprint density at radius 2 is 1.70 bits per heavy atom. The van der Waals surface area contributed by atoms with Gasteiger partial charge in [-0.2, -0.15) is 0 Å². The van der Waals surface area contributed by atoms with Gasteiger partial charge in [0.05, 0.1) is 0 Å². The van der Waals surface area contributed by atoms with E-state index in [9.17, 15) is 9.59 Å². The van der Waals surface area contributed by atoms with E-state index < -0.39 is 5.91 Å². The Morgan fingerprint density at radius 1 is 1.04 bits per heavy atom. The molecule has 2 aromatic rings. The fourth-order valence-electron chi connectivity index (χ4n) is 2.13. The summed E-state index contributed by atoms with van der Waals surface area (Å²) in [7, 11) is 1.24. The van der Waals surface area contributed by atoms with E-state index in [1.54, 1.807) is 18.2 Å². The zero-order valence-corrected chi connectivity index (χ0v) is 12.3. The number of nitrogens with zero attached hydrogens (tertiary/aromatic N) is 1. The lowest BCUT2D eigenvalue weighted by atomic mass is 10.1. The number of hydrogen-bond acceptors (Lipinski definition) is 5. The number of benzene rings is 2. The molecule has 0 aromatic heterocycles. The highest BCUT2D eigenvalue weighted by Crippen LogP contribution is 2.34. The normalized spacial score (nSPS) is 11.9. The SMILES string of the molecule is CN(O)C(=O)c1ccc(C(=O)Nc2ccc3c(c2)OCO3)cc1. The lowest BCUT2D eigenvalue weighted by Gasteiger charge is -2.09. The van der Waals surface area contributed by atoms with Gasteiger partial charge >= 0.3 is 0 Å². The van der Waals surface area contributed by atoms with Crippen LogP contribution < -0.4 is 14.8 Å². The van der Waals surface area contributed by atoms with Crippen LogP contribution in [-0.2, 0) is 0 Å². The van der Waals surface area contributed by atoms with Gasteiger partial charge in [0, 0.05) is 29.9 Å². The standard InChI is InChI=1S/C16H14N2O5/c1-18(21)16(20)11-4-2-10(3-5-11)15(19)17-12-6-7-13-14(8-12)23-9-22-13/h2-8,21H,9H2,1H3,(H,17,19). The Labute approximate surface area is 132 Å². The van der Waals surface area contributed by atoms with E-state index in [0.717, 1.165) is 0 Å². The van der Waals surface area contributed by atoms with Crippen LogP contribution in [0.5, 0.6) is 11.5 Å². The van der Waals surface area contributed by atoms with Gasteiger partial charge in [0.2, 0.25) is 6.79 Å². The van der Waals surface area contributed by atoms with E-state index in [2.05, 4.69) is 5.32 Å². The Morgan fingerprint density at radius 3 is 2.39 bits per heavy atom. The Balaban J connectivity index is 1.72. The molecule has 118 valence electrons. The summed E-state index contributed by atoms with van der Waals surface area (Å²) in [6, 6.07) is 11.1. The number of hydroxylamine groups is 2. The first-order valence-electron chi connectivity index (χ1n) is 6.82. The third-order valence-corrected chi connectivity index (χ3v) is 3.32. The molecule has 0 unspecified atom stereocenters. The van der Waals surface area contributed by atoms with Gasteiger partial charge in [-0.1, -0.05) is 0 Å². The van der Waals surface area contributed by atoms with Gasteiger partial charge in [0.15, 0.2) is 11.5 Å². The number of fused-ring (bicyclic) bond motifs is 1. The van der Waals surface area contributed by atoms with Gasteiger partial charge < -0.3 is 14.8 Å². The number of carbonyl (C=O) groups excluding carboxylic acids is 2. The van der Waals surface area contributed by atoms with Gasteiger partial charge in [-0.05, 0) is 36.4 Å². The van der Waals surface area contributed by atoms with E-state index in [1.165, 1.54) is 31.3 Å². The summed E-state index contributed by atoms with van der Waals surface area (Å²) in [5.41, 5.74) is 1.25. The molecule has 1 aliphatic rings. The highest BCUT2D eigenvalue weighted by atomic mass is 16.7. The van der Waals surface area contributed by atoms with Crippen molar-refractivity contribution in [1.82, 2.24) is 5.06 Å². The Kier molecular flexibility index (Phi) is 3.86. The van der Waals surface area contributed by atoms with Crippen molar-refractivity contribution in [2.75, 3.05) is 19.2 Å². The number of nitrogens with one attached hydrogen (secondary N) is 1. The first kappa shape index (κ1) is 14.9. The van der Waals surface area contributed by atoms with Gasteiger partial charge in [0.25, 0.3) is 11.8 Å². The molecule has 7 nitrogen and oxygen atoms in total. The maximum Gasteiger partial charge on any atom is 0.276 e. The summed E-state index contributed by atoms with van der Waals surface area (Å²) in [5.74, 6) is 0.349. The van der Waals surface area contributed by atoms with Crippen LogP contribution in [0.2, 0.25) is 0 Å². The minimum Gasteiger partial charge on any atom is -0.454 e. The van der Waals surface area contributed by atoms with Crippen LogP contribution in [0, 0.1) is 0 Å². The molecular formula is C16H14N2O5. The summed E-state index contributed by atoms with van der Waals surface area (Å²) in [6.07, 6.45) is 0. The second kappa shape index (κ2) is 5.98. The molecule has 0 spiro atoms. The quantitative estimate of drug-likeness (QED) is 0.669. The number of ether oxygens (including phenoxy) is 2. The summed E-state index contributed by atoms with van der Waals surface area (Å²) in [4.78, 5) is 23.8. The molecule has 0 aliphatic carbocycles. The maximum atomic E-state index is 12.2. The highest BCUT2D eigenvalue weighted by Gasteiger charge is 2.15. The van der Waals surface area contributed by atoms with Crippen LogP contribution >= 0.6 is 0 Å². The molecule has 1 heterocycles. The summed E-state index contributed by atoms with van der Waals surface area (Å²) >= 11 is 0. The number of anilines is 1. The van der Waals surface area contributed by atoms with Crippen molar-refractivity contribution in [3.63, 3.8) is 0 Å². The molecule has 1 aliphatic heterocycles. The largest absolute Gasteiger partial charge is 0.454 e. The monoisotopic (exact) mass is 314 g/mol. The first-order valence-corrected chi connectivity index (χ1v) is 6.82. The second-order valence-electron chi connectivity index (χ2n) is 4.93. The summed E-state index contributed by atoms with van der Waals surface area (Å²) < 4.78 is 10.5. The van der Waals surface area contributed by atoms with Gasteiger partial charge in [0.1, 0.15) is 0 Å². The maximum absolute atomic E-state index is 12.2. The zero-order valence-electron chi connectivity index (χ0n) is 12.3. The minimum atomic E-state index is -0.548. The molecule has 2 amide bonds. The molecule has 2 N–H and O–H groups in total. The lowest BCUT2D eigenvalue weighted by Crippen LogP contribution is -2.22. The van der Waals surface area contributed by atoms with Gasteiger partial charge in [-0.3, -0.25) is 14.8 Å². The zero-order chi connectivity index (χ0) is 16.4. The molecule has 23 heavy (non-hydrogen) atoms. The molecule has 0 saturated carbocycles. The molecular weight excluding hydrogens is 300 g/mol. The number of carbonyl (C=O) groups is 2. The predicted molar refractivity (Wildman–Crippen MR) is 80.8 cm³/mol. The number of rotatable bonds is 3. The molecule has 7 heteroatoms. The van der Waals surface area contributed by atoms with Crippen LogP contribution in [0.3, 0.4) is 0 Å². The topological polar surface area (TPSA) is 88.1 Å². The van der Waals surface area contributed by atoms with E-state index in [0.29, 0.717) is 27.8 Å². The van der Waals surface area contributed by atoms with E-state index in [4.69, 9.17) is 14.7 Å². The second-order valence-corrected chi connectivity index (χ2v) is 4.93. The van der Waals surface area contributed by atoms with Crippen LogP contribution in [-0.4, -0.2) is 35.9 Å². The van der Waals surface area contributed by atoms with Crippen LogP contribution in [0.15, 0.2) is 42.5 Å². The van der Waals surface area contributed by atoms with Crippen molar-refractivity contribution in [2.45, 2.75) is 0 Å². The molecule has 0 bridgehead atoms. The fourth-order valence-corrected chi connectivity index (χ4v) is 2.13. The van der Waals surface area contributed by atoms with Gasteiger partial charge in [-0.25, -0.2) is 5.06 Å². The molecule has 0 fully saturated rings. The average molecular weight is 314 g/mol. The third-order valence-electron chi connectivity index (χ3n) is 3.32. The van der Waals surface area contributed by atoms with Crippen LogP contribution in [0.1, 0.15) is 20.7 Å². The minimum absolute atomic E-state index is 0.168. The number of hydrogen-bond donors (Lipinski definition) is 2. The lowest BCUT2D eigenvalue weighted by molar-refractivity contribution is -0.0374. The van der Waals surface area contributed by atoms with Crippen molar-refractivity contribution in [3.8, 4) is 11.5 Å². The predicted octanol–water partition coefficient (Wildman–Crippen LogP) is 2.13. The van der Waals surface area contributed by atoms with Crippen LogP contribution in [0.4, 0.5) is 5.69 Å². The molecule has 0 atom stereocenters. The van der Waals surface area contributed by atoms with Gasteiger partial charge in [-0.15, -0.1) is 0 Å². The first-order chi connectivity index (χ1) is 11.0.